The van der Waals surface area contributed by atoms with Crippen LogP contribution in [0.2, 0.25) is 0 Å². The fraction of sp³-hybridized carbons (Fsp3) is 0.562. The minimum Gasteiger partial charge on any atom is -0.506 e. The number of hydrogen-bond donors (Lipinski definition) is 2. The molecule has 106 valence electrons. The van der Waals surface area contributed by atoms with E-state index in [2.05, 4.69) is 33.0 Å². The molecule has 1 rings (SSSR count). The Morgan fingerprint density at radius 2 is 1.95 bits per heavy atom. The Balaban J connectivity index is 2.74. The second kappa shape index (κ2) is 6.60. The molecule has 1 aromatic carbocycles. The highest BCUT2D eigenvalue weighted by atomic mass is 16.3. The van der Waals surface area contributed by atoms with E-state index in [1.54, 1.807) is 6.07 Å². The highest BCUT2D eigenvalue weighted by Gasteiger charge is 2.16. The van der Waals surface area contributed by atoms with Crippen LogP contribution in [0.4, 0.5) is 5.69 Å². The molecule has 3 heteroatoms. The largest absolute Gasteiger partial charge is 0.506 e. The van der Waals surface area contributed by atoms with Crippen LogP contribution >= 0.6 is 0 Å². The first-order chi connectivity index (χ1) is 8.84. The molecule has 0 heterocycles. The first kappa shape index (κ1) is 15.5. The van der Waals surface area contributed by atoms with Crippen LogP contribution in [0.1, 0.15) is 58.9 Å². The molecule has 0 aliphatic rings. The van der Waals surface area contributed by atoms with Crippen LogP contribution in [-0.2, 0) is 10.2 Å². The Morgan fingerprint density at radius 3 is 2.53 bits per heavy atom. The molecule has 19 heavy (non-hydrogen) atoms. The molecule has 0 saturated heterocycles. The van der Waals surface area contributed by atoms with Gasteiger partial charge < -0.3 is 10.4 Å². The third-order valence-electron chi connectivity index (χ3n) is 3.14. The summed E-state index contributed by atoms with van der Waals surface area (Å²) in [5.74, 6) is 0.0895. The molecule has 0 atom stereocenters. The summed E-state index contributed by atoms with van der Waals surface area (Å²) in [5.41, 5.74) is 1.60. The van der Waals surface area contributed by atoms with E-state index in [9.17, 15) is 9.90 Å². The summed E-state index contributed by atoms with van der Waals surface area (Å²) in [6, 6.07) is 5.39. The molecule has 0 bridgehead atoms. The van der Waals surface area contributed by atoms with Gasteiger partial charge >= 0.3 is 0 Å². The minimum absolute atomic E-state index is 0.00458. The van der Waals surface area contributed by atoms with Crippen molar-refractivity contribution in [1.82, 2.24) is 0 Å². The fourth-order valence-electron chi connectivity index (χ4n) is 1.85. The Morgan fingerprint density at radius 1 is 1.26 bits per heavy atom. The van der Waals surface area contributed by atoms with E-state index in [1.807, 2.05) is 12.1 Å². The second-order valence-corrected chi connectivity index (χ2v) is 5.99. The monoisotopic (exact) mass is 263 g/mol. The zero-order chi connectivity index (χ0) is 14.5. The summed E-state index contributed by atoms with van der Waals surface area (Å²) >= 11 is 0. The standard InChI is InChI=1S/C16H25NO2/c1-5-6-7-8-15(19)17-13-11-12(16(2,3)4)9-10-14(13)18/h9-11,18H,5-8H2,1-4H3,(H,17,19). The van der Waals surface area contributed by atoms with E-state index in [0.29, 0.717) is 12.1 Å². The quantitative estimate of drug-likeness (QED) is 0.617. The number of hydrogen-bond acceptors (Lipinski definition) is 2. The zero-order valence-corrected chi connectivity index (χ0v) is 12.4. The molecular formula is C16H25NO2. The van der Waals surface area contributed by atoms with Crippen LogP contribution in [-0.4, -0.2) is 11.0 Å². The van der Waals surface area contributed by atoms with Gasteiger partial charge in [-0.2, -0.15) is 0 Å². The van der Waals surface area contributed by atoms with Crippen molar-refractivity contribution < 1.29 is 9.90 Å². The normalized spacial score (nSPS) is 11.4. The lowest BCUT2D eigenvalue weighted by Crippen LogP contribution is -2.14. The molecule has 0 aliphatic heterocycles. The van der Waals surface area contributed by atoms with Gasteiger partial charge in [0.15, 0.2) is 0 Å². The average molecular weight is 263 g/mol. The van der Waals surface area contributed by atoms with Crippen molar-refractivity contribution in [2.75, 3.05) is 5.32 Å². The highest BCUT2D eigenvalue weighted by Crippen LogP contribution is 2.30. The molecule has 0 radical (unpaired) electrons. The lowest BCUT2D eigenvalue weighted by molar-refractivity contribution is -0.116. The highest BCUT2D eigenvalue weighted by molar-refractivity contribution is 5.92. The summed E-state index contributed by atoms with van der Waals surface area (Å²) in [5, 5.41) is 12.6. The first-order valence-electron chi connectivity index (χ1n) is 6.98. The number of nitrogens with one attached hydrogen (secondary N) is 1. The molecule has 1 aromatic rings. The topological polar surface area (TPSA) is 49.3 Å². The van der Waals surface area contributed by atoms with Crippen LogP contribution in [0.25, 0.3) is 0 Å². The van der Waals surface area contributed by atoms with Crippen molar-refractivity contribution in [1.29, 1.82) is 0 Å². The predicted octanol–water partition coefficient (Wildman–Crippen LogP) is 4.21. The number of unbranched alkanes of at least 4 members (excludes halogenated alkanes) is 2. The predicted molar refractivity (Wildman–Crippen MR) is 79.6 cm³/mol. The van der Waals surface area contributed by atoms with Gasteiger partial charge in [-0.15, -0.1) is 0 Å². The average Bonchev–Trinajstić information content (AvgIpc) is 2.31. The van der Waals surface area contributed by atoms with Gasteiger partial charge in [0.1, 0.15) is 5.75 Å². The van der Waals surface area contributed by atoms with E-state index >= 15 is 0 Å². The molecule has 2 N–H and O–H groups in total. The van der Waals surface area contributed by atoms with Crippen LogP contribution in [0, 0.1) is 0 Å². The van der Waals surface area contributed by atoms with E-state index in [4.69, 9.17) is 0 Å². The second-order valence-electron chi connectivity index (χ2n) is 5.99. The number of anilines is 1. The molecule has 0 spiro atoms. The molecular weight excluding hydrogens is 238 g/mol. The molecule has 0 aliphatic carbocycles. The maximum Gasteiger partial charge on any atom is 0.224 e. The smallest absolute Gasteiger partial charge is 0.224 e. The van der Waals surface area contributed by atoms with Gasteiger partial charge in [-0.05, 0) is 29.5 Å². The number of carbonyl (C=O) groups is 1. The van der Waals surface area contributed by atoms with Gasteiger partial charge in [0.2, 0.25) is 5.91 Å². The minimum atomic E-state index is -0.0326. The maximum atomic E-state index is 11.8. The summed E-state index contributed by atoms with van der Waals surface area (Å²) in [7, 11) is 0. The lowest BCUT2D eigenvalue weighted by Gasteiger charge is -2.20. The number of aromatic hydroxyl groups is 1. The summed E-state index contributed by atoms with van der Waals surface area (Å²) in [4.78, 5) is 11.8. The molecule has 0 unspecified atom stereocenters. The SMILES string of the molecule is CCCCCC(=O)Nc1cc(C(C)(C)C)ccc1O. The van der Waals surface area contributed by atoms with Crippen LogP contribution in [0.3, 0.4) is 0 Å². The Hall–Kier alpha value is -1.51. The Kier molecular flexibility index (Phi) is 5.40. The molecule has 0 aromatic heterocycles. The molecule has 3 nitrogen and oxygen atoms in total. The number of phenolic OH excluding ortho intramolecular Hbond substituents is 1. The number of rotatable bonds is 5. The van der Waals surface area contributed by atoms with E-state index in [1.165, 1.54) is 0 Å². The van der Waals surface area contributed by atoms with Gasteiger partial charge in [-0.3, -0.25) is 4.79 Å². The van der Waals surface area contributed by atoms with E-state index in [0.717, 1.165) is 24.8 Å². The van der Waals surface area contributed by atoms with E-state index in [-0.39, 0.29) is 17.1 Å². The number of carbonyl (C=O) groups excluding carboxylic acids is 1. The third-order valence-corrected chi connectivity index (χ3v) is 3.14. The van der Waals surface area contributed by atoms with Crippen molar-refractivity contribution in [3.63, 3.8) is 0 Å². The maximum absolute atomic E-state index is 11.8. The fourth-order valence-corrected chi connectivity index (χ4v) is 1.85. The van der Waals surface area contributed by atoms with Crippen molar-refractivity contribution in [2.45, 2.75) is 58.8 Å². The molecule has 0 fully saturated rings. The van der Waals surface area contributed by atoms with Crippen molar-refractivity contribution >= 4 is 11.6 Å². The van der Waals surface area contributed by atoms with Crippen LogP contribution in [0.15, 0.2) is 18.2 Å². The summed E-state index contributed by atoms with van der Waals surface area (Å²) in [6.45, 7) is 8.42. The van der Waals surface area contributed by atoms with Gasteiger partial charge in [0.25, 0.3) is 0 Å². The van der Waals surface area contributed by atoms with Crippen LogP contribution in [0.5, 0.6) is 5.75 Å². The van der Waals surface area contributed by atoms with Crippen molar-refractivity contribution in [3.05, 3.63) is 23.8 Å². The van der Waals surface area contributed by atoms with Crippen molar-refractivity contribution in [3.8, 4) is 5.75 Å². The van der Waals surface area contributed by atoms with Crippen LogP contribution < -0.4 is 5.32 Å². The van der Waals surface area contributed by atoms with Gasteiger partial charge in [-0.1, -0.05) is 46.6 Å². The zero-order valence-electron chi connectivity index (χ0n) is 12.4. The molecule has 0 saturated carbocycles. The third kappa shape index (κ3) is 4.93. The number of benzene rings is 1. The van der Waals surface area contributed by atoms with E-state index < -0.39 is 0 Å². The Bertz CT molecular complexity index is 433. The molecule has 1 amide bonds. The van der Waals surface area contributed by atoms with Gasteiger partial charge in [-0.25, -0.2) is 0 Å². The number of phenols is 1. The Labute approximate surface area is 116 Å². The summed E-state index contributed by atoms with van der Waals surface area (Å²) in [6.07, 6.45) is 3.55. The van der Waals surface area contributed by atoms with Gasteiger partial charge in [0.05, 0.1) is 5.69 Å². The number of amides is 1. The lowest BCUT2D eigenvalue weighted by atomic mass is 9.87. The van der Waals surface area contributed by atoms with Crippen molar-refractivity contribution in [2.24, 2.45) is 0 Å². The first-order valence-corrected chi connectivity index (χ1v) is 6.98. The summed E-state index contributed by atoms with van der Waals surface area (Å²) < 4.78 is 0. The van der Waals surface area contributed by atoms with Gasteiger partial charge in [0, 0.05) is 6.42 Å².